The Kier molecular flexibility index (Phi) is 4.82. The van der Waals surface area contributed by atoms with Crippen molar-refractivity contribution in [3.8, 4) is 5.75 Å². The molecule has 1 amide bonds. The zero-order valence-corrected chi connectivity index (χ0v) is 13.2. The van der Waals surface area contributed by atoms with E-state index in [2.05, 4.69) is 15.8 Å². The summed E-state index contributed by atoms with van der Waals surface area (Å²) in [6.07, 6.45) is 1.16. The Labute approximate surface area is 143 Å². The number of ether oxygens (including phenoxy) is 1. The van der Waals surface area contributed by atoms with E-state index in [1.165, 1.54) is 5.01 Å². The highest BCUT2D eigenvalue weighted by atomic mass is 16.7. The van der Waals surface area contributed by atoms with Crippen molar-refractivity contribution in [2.75, 3.05) is 12.1 Å². The molecule has 1 fully saturated rings. The summed E-state index contributed by atoms with van der Waals surface area (Å²) in [6.45, 7) is 0. The van der Waals surface area contributed by atoms with Gasteiger partial charge in [0.25, 0.3) is 5.91 Å². The molecule has 0 radical (unpaired) electrons. The summed E-state index contributed by atoms with van der Waals surface area (Å²) in [5.41, 5.74) is 3.59. The van der Waals surface area contributed by atoms with E-state index in [0.29, 0.717) is 17.0 Å². The number of carbonyl (C=O) groups excluding carboxylic acids is 2. The summed E-state index contributed by atoms with van der Waals surface area (Å²) in [6, 6.07) is 15.4. The van der Waals surface area contributed by atoms with Crippen LogP contribution < -0.4 is 15.3 Å². The minimum absolute atomic E-state index is 0.0924. The summed E-state index contributed by atoms with van der Waals surface area (Å²) >= 11 is 0. The van der Waals surface area contributed by atoms with Crippen molar-refractivity contribution in [1.29, 1.82) is 0 Å². The van der Waals surface area contributed by atoms with E-state index in [0.717, 1.165) is 6.20 Å². The normalized spacial score (nSPS) is 15.6. The van der Waals surface area contributed by atoms with Gasteiger partial charge in [-0.2, -0.15) is 5.11 Å². The van der Waals surface area contributed by atoms with Gasteiger partial charge >= 0.3 is 5.97 Å². The molecule has 25 heavy (non-hydrogen) atoms. The second-order valence-electron chi connectivity index (χ2n) is 4.92. The van der Waals surface area contributed by atoms with Gasteiger partial charge < -0.3 is 9.57 Å². The number of hydrazine groups is 1. The van der Waals surface area contributed by atoms with E-state index < -0.39 is 11.9 Å². The van der Waals surface area contributed by atoms with Gasteiger partial charge in [-0.25, -0.2) is 9.80 Å². The number of amides is 1. The standard InChI is InChI=1S/C17H14N4O4/c1-24-14-9-7-13(8-10-14)21-15(17(23)25-20-21)11-18-19-16(22)12-5-3-2-4-6-12/h2-11,20H,1H3/b15-11+,19-18?. The van der Waals surface area contributed by atoms with Crippen molar-refractivity contribution in [2.24, 2.45) is 10.2 Å². The molecule has 2 aromatic carbocycles. The molecule has 1 N–H and O–H groups in total. The highest BCUT2D eigenvalue weighted by molar-refractivity contribution is 5.95. The monoisotopic (exact) mass is 338 g/mol. The molecule has 0 atom stereocenters. The SMILES string of the molecule is COc1ccc(N2NOC(=O)/C2=C\N=NC(=O)c2ccccc2)cc1. The number of rotatable bonds is 4. The van der Waals surface area contributed by atoms with Crippen LogP contribution in [0, 0.1) is 0 Å². The predicted molar refractivity (Wildman–Crippen MR) is 88.4 cm³/mol. The van der Waals surface area contributed by atoms with Gasteiger partial charge in [-0.1, -0.05) is 23.8 Å². The molecule has 8 nitrogen and oxygen atoms in total. The maximum atomic E-state index is 11.9. The Balaban J connectivity index is 1.78. The lowest BCUT2D eigenvalue weighted by Crippen LogP contribution is -2.28. The van der Waals surface area contributed by atoms with Crippen molar-refractivity contribution >= 4 is 17.6 Å². The number of nitrogens with one attached hydrogen (secondary N) is 1. The highest BCUT2D eigenvalue weighted by Gasteiger charge is 2.29. The fourth-order valence-corrected chi connectivity index (χ4v) is 2.09. The van der Waals surface area contributed by atoms with Crippen molar-refractivity contribution in [3.63, 3.8) is 0 Å². The van der Waals surface area contributed by atoms with Crippen LogP contribution in [0.1, 0.15) is 10.4 Å². The average molecular weight is 338 g/mol. The summed E-state index contributed by atoms with van der Waals surface area (Å²) in [7, 11) is 1.56. The van der Waals surface area contributed by atoms with Crippen LogP contribution in [-0.4, -0.2) is 19.0 Å². The van der Waals surface area contributed by atoms with Gasteiger partial charge in [-0.3, -0.25) is 4.79 Å². The van der Waals surface area contributed by atoms with Crippen LogP contribution in [0.4, 0.5) is 5.69 Å². The zero-order valence-electron chi connectivity index (χ0n) is 13.2. The van der Waals surface area contributed by atoms with E-state index in [1.54, 1.807) is 61.7 Å². The van der Waals surface area contributed by atoms with E-state index in [9.17, 15) is 9.59 Å². The van der Waals surface area contributed by atoms with Crippen LogP contribution in [-0.2, 0) is 9.63 Å². The zero-order chi connectivity index (χ0) is 17.6. The fraction of sp³-hybridized carbons (Fsp3) is 0.0588. The quantitative estimate of drug-likeness (QED) is 0.680. The molecule has 1 aliphatic rings. The lowest BCUT2D eigenvalue weighted by molar-refractivity contribution is -0.140. The Bertz CT molecular complexity index is 831. The second-order valence-corrected chi connectivity index (χ2v) is 4.92. The molecule has 0 aliphatic carbocycles. The summed E-state index contributed by atoms with van der Waals surface area (Å²) in [5, 5.41) is 8.65. The molecule has 1 heterocycles. The smallest absolute Gasteiger partial charge is 0.378 e. The van der Waals surface area contributed by atoms with Gasteiger partial charge in [0.15, 0.2) is 5.70 Å². The van der Waals surface area contributed by atoms with E-state index >= 15 is 0 Å². The molecule has 8 heteroatoms. The number of anilines is 1. The van der Waals surface area contributed by atoms with Gasteiger partial charge in [0, 0.05) is 5.56 Å². The molecular weight excluding hydrogens is 324 g/mol. The average Bonchev–Trinajstić information content (AvgIpc) is 3.03. The molecule has 0 aromatic heterocycles. The molecule has 126 valence electrons. The Hall–Kier alpha value is -3.52. The first-order chi connectivity index (χ1) is 12.2. The number of azo groups is 1. The first kappa shape index (κ1) is 16.3. The topological polar surface area (TPSA) is 92.6 Å². The lowest BCUT2D eigenvalue weighted by atomic mass is 10.2. The third-order valence-corrected chi connectivity index (χ3v) is 3.36. The minimum Gasteiger partial charge on any atom is -0.497 e. The Morgan fingerprint density at radius 1 is 1.16 bits per heavy atom. The van der Waals surface area contributed by atoms with E-state index in [-0.39, 0.29) is 5.70 Å². The number of nitrogens with zero attached hydrogens (tertiary/aromatic N) is 3. The van der Waals surface area contributed by atoms with Gasteiger partial charge in [0.05, 0.1) is 19.0 Å². The Morgan fingerprint density at radius 3 is 2.56 bits per heavy atom. The van der Waals surface area contributed by atoms with Crippen molar-refractivity contribution in [1.82, 2.24) is 5.59 Å². The molecule has 1 aliphatic heterocycles. The third kappa shape index (κ3) is 3.70. The van der Waals surface area contributed by atoms with Crippen molar-refractivity contribution in [3.05, 3.63) is 72.1 Å². The fourth-order valence-electron chi connectivity index (χ4n) is 2.09. The van der Waals surface area contributed by atoms with Gasteiger partial charge in [-0.05, 0) is 36.4 Å². The van der Waals surface area contributed by atoms with Crippen LogP contribution in [0.25, 0.3) is 0 Å². The molecule has 3 rings (SSSR count). The van der Waals surface area contributed by atoms with Crippen molar-refractivity contribution in [2.45, 2.75) is 0 Å². The largest absolute Gasteiger partial charge is 0.497 e. The van der Waals surface area contributed by atoms with Crippen LogP contribution in [0.2, 0.25) is 0 Å². The van der Waals surface area contributed by atoms with E-state index in [1.807, 2.05) is 0 Å². The number of methoxy groups -OCH3 is 1. The molecular formula is C17H14N4O4. The highest BCUT2D eigenvalue weighted by Crippen LogP contribution is 2.24. The Morgan fingerprint density at radius 2 is 1.88 bits per heavy atom. The molecule has 1 saturated heterocycles. The molecule has 0 bridgehead atoms. The first-order valence-electron chi connectivity index (χ1n) is 7.30. The van der Waals surface area contributed by atoms with Gasteiger partial charge in [-0.15, -0.1) is 5.11 Å². The van der Waals surface area contributed by atoms with Crippen LogP contribution >= 0.6 is 0 Å². The summed E-state index contributed by atoms with van der Waals surface area (Å²) in [5.74, 6) is -0.469. The van der Waals surface area contributed by atoms with Gasteiger partial charge in [0.1, 0.15) is 5.75 Å². The number of carbonyl (C=O) groups is 2. The van der Waals surface area contributed by atoms with Crippen LogP contribution in [0.3, 0.4) is 0 Å². The number of hydrogen-bond acceptors (Lipinski definition) is 7. The molecule has 0 spiro atoms. The molecule has 2 aromatic rings. The van der Waals surface area contributed by atoms with Gasteiger partial charge in [0.2, 0.25) is 0 Å². The molecule has 0 unspecified atom stereocenters. The number of benzene rings is 2. The lowest BCUT2D eigenvalue weighted by Gasteiger charge is -2.14. The maximum absolute atomic E-state index is 11.9. The third-order valence-electron chi connectivity index (χ3n) is 3.36. The summed E-state index contributed by atoms with van der Waals surface area (Å²) < 4.78 is 5.09. The number of hydrogen-bond donors (Lipinski definition) is 1. The molecule has 0 saturated carbocycles. The van der Waals surface area contributed by atoms with Crippen molar-refractivity contribution < 1.29 is 19.2 Å². The van der Waals surface area contributed by atoms with Crippen LogP contribution in [0.5, 0.6) is 5.75 Å². The second kappa shape index (κ2) is 7.37. The minimum atomic E-state index is -0.637. The maximum Gasteiger partial charge on any atom is 0.378 e. The predicted octanol–water partition coefficient (Wildman–Crippen LogP) is 2.61. The summed E-state index contributed by atoms with van der Waals surface area (Å²) in [4.78, 5) is 28.5. The van der Waals surface area contributed by atoms with Crippen LogP contribution in [0.15, 0.2) is 76.7 Å². The first-order valence-corrected chi connectivity index (χ1v) is 7.30. The van der Waals surface area contributed by atoms with E-state index in [4.69, 9.17) is 9.57 Å².